The fraction of sp³-hybridized carbons (Fsp3) is 0.273. The summed E-state index contributed by atoms with van der Waals surface area (Å²) < 4.78 is 8.39. The van der Waals surface area contributed by atoms with Crippen LogP contribution >= 0.6 is 23.3 Å². The maximum absolute atomic E-state index is 6.11. The number of aromatic nitrogens is 2. The third-order valence-electron chi connectivity index (χ3n) is 2.18. The van der Waals surface area contributed by atoms with Crippen molar-refractivity contribution in [3.8, 4) is 12.3 Å². The molecular weight excluding hydrogens is 242 g/mol. The number of halogens is 1. The van der Waals surface area contributed by atoms with E-state index in [0.717, 1.165) is 36.1 Å². The summed E-state index contributed by atoms with van der Waals surface area (Å²) in [6.45, 7) is 0.792. The molecule has 0 unspecified atom stereocenters. The van der Waals surface area contributed by atoms with Crippen molar-refractivity contribution in [3.05, 3.63) is 17.2 Å². The van der Waals surface area contributed by atoms with E-state index in [2.05, 4.69) is 20.0 Å². The van der Waals surface area contributed by atoms with Gasteiger partial charge in [-0.3, -0.25) is 0 Å². The van der Waals surface area contributed by atoms with Crippen LogP contribution in [0.2, 0.25) is 5.02 Å². The van der Waals surface area contributed by atoms with Gasteiger partial charge in [0, 0.05) is 13.0 Å². The van der Waals surface area contributed by atoms with Gasteiger partial charge in [0.15, 0.2) is 0 Å². The van der Waals surface area contributed by atoms with E-state index >= 15 is 0 Å². The van der Waals surface area contributed by atoms with Gasteiger partial charge in [0.2, 0.25) is 0 Å². The van der Waals surface area contributed by atoms with Crippen LogP contribution in [0.3, 0.4) is 0 Å². The minimum atomic E-state index is 0.668. The van der Waals surface area contributed by atoms with Gasteiger partial charge in [-0.2, -0.15) is 8.75 Å². The Kier molecular flexibility index (Phi) is 3.60. The van der Waals surface area contributed by atoms with Crippen LogP contribution in [0.15, 0.2) is 12.1 Å². The van der Waals surface area contributed by atoms with Crippen LogP contribution in [0.5, 0.6) is 0 Å². The van der Waals surface area contributed by atoms with Crippen molar-refractivity contribution in [2.45, 2.75) is 12.8 Å². The highest BCUT2D eigenvalue weighted by Gasteiger charge is 2.08. The second kappa shape index (κ2) is 5.15. The summed E-state index contributed by atoms with van der Waals surface area (Å²) in [4.78, 5) is 0. The molecule has 0 saturated heterocycles. The van der Waals surface area contributed by atoms with Crippen molar-refractivity contribution >= 4 is 40.0 Å². The minimum Gasteiger partial charge on any atom is -0.382 e. The van der Waals surface area contributed by atoms with Crippen molar-refractivity contribution < 1.29 is 0 Å². The summed E-state index contributed by atoms with van der Waals surface area (Å²) in [6.07, 6.45) is 6.86. The van der Waals surface area contributed by atoms with Crippen molar-refractivity contribution in [2.24, 2.45) is 0 Å². The number of unbranched alkanes of at least 4 members (excludes halogenated alkanes) is 1. The average molecular weight is 252 g/mol. The van der Waals surface area contributed by atoms with Crippen molar-refractivity contribution in [1.29, 1.82) is 0 Å². The van der Waals surface area contributed by atoms with Gasteiger partial charge in [-0.15, -0.1) is 12.3 Å². The smallest absolute Gasteiger partial charge is 0.129 e. The molecular formula is C11H10ClN3S. The molecule has 1 aromatic heterocycles. The molecule has 1 heterocycles. The molecule has 5 heteroatoms. The Morgan fingerprint density at radius 3 is 3.12 bits per heavy atom. The number of terminal acetylenes is 1. The first-order chi connectivity index (χ1) is 7.83. The van der Waals surface area contributed by atoms with E-state index in [-0.39, 0.29) is 0 Å². The molecule has 0 spiro atoms. The normalized spacial score (nSPS) is 10.2. The standard InChI is InChI=1S/C11H10ClN3S/c1-2-3-4-7-13-10-8(12)5-6-9-11(10)15-16-14-9/h1,5-6,13H,3-4,7H2. The lowest BCUT2D eigenvalue weighted by molar-refractivity contribution is 0.908. The lowest BCUT2D eigenvalue weighted by Crippen LogP contribution is -2.02. The molecule has 0 bridgehead atoms. The maximum Gasteiger partial charge on any atom is 0.129 e. The summed E-state index contributed by atoms with van der Waals surface area (Å²) >= 11 is 7.30. The molecule has 0 radical (unpaired) electrons. The fourth-order valence-electron chi connectivity index (χ4n) is 1.40. The summed E-state index contributed by atoms with van der Waals surface area (Å²) in [5.41, 5.74) is 2.55. The number of nitrogens with zero attached hydrogens (tertiary/aromatic N) is 2. The summed E-state index contributed by atoms with van der Waals surface area (Å²) in [6, 6.07) is 3.70. The highest BCUT2D eigenvalue weighted by atomic mass is 35.5. The van der Waals surface area contributed by atoms with Gasteiger partial charge in [-0.25, -0.2) is 0 Å². The largest absolute Gasteiger partial charge is 0.382 e. The molecule has 16 heavy (non-hydrogen) atoms. The highest BCUT2D eigenvalue weighted by molar-refractivity contribution is 7.00. The van der Waals surface area contributed by atoms with Crippen LogP contribution in [0.4, 0.5) is 5.69 Å². The van der Waals surface area contributed by atoms with Gasteiger partial charge >= 0.3 is 0 Å². The highest BCUT2D eigenvalue weighted by Crippen LogP contribution is 2.29. The molecule has 0 fully saturated rings. The van der Waals surface area contributed by atoms with Crippen LogP contribution in [-0.4, -0.2) is 15.3 Å². The molecule has 2 aromatic rings. The van der Waals surface area contributed by atoms with Crippen LogP contribution in [0.1, 0.15) is 12.8 Å². The van der Waals surface area contributed by atoms with Crippen LogP contribution in [0.25, 0.3) is 11.0 Å². The SMILES string of the molecule is C#CCCCNc1c(Cl)ccc2nsnc12. The van der Waals surface area contributed by atoms with Gasteiger partial charge in [0.1, 0.15) is 11.0 Å². The summed E-state index contributed by atoms with van der Waals surface area (Å²) in [5.74, 6) is 2.60. The van der Waals surface area contributed by atoms with Crippen LogP contribution < -0.4 is 5.32 Å². The molecule has 0 aliphatic rings. The lowest BCUT2D eigenvalue weighted by Gasteiger charge is -2.07. The van der Waals surface area contributed by atoms with E-state index in [1.54, 1.807) is 0 Å². The van der Waals surface area contributed by atoms with Crippen LogP contribution in [0, 0.1) is 12.3 Å². The molecule has 0 atom stereocenters. The van der Waals surface area contributed by atoms with Crippen molar-refractivity contribution in [1.82, 2.24) is 8.75 Å². The molecule has 2 rings (SSSR count). The molecule has 0 amide bonds. The molecule has 0 saturated carbocycles. The molecule has 0 aliphatic carbocycles. The Balaban J connectivity index is 2.18. The number of benzene rings is 1. The number of hydrogen-bond acceptors (Lipinski definition) is 4. The van der Waals surface area contributed by atoms with E-state index < -0.39 is 0 Å². The van der Waals surface area contributed by atoms with Crippen LogP contribution in [-0.2, 0) is 0 Å². The quantitative estimate of drug-likeness (QED) is 0.670. The van der Waals surface area contributed by atoms with Gasteiger partial charge in [-0.05, 0) is 18.6 Å². The van der Waals surface area contributed by atoms with E-state index in [4.69, 9.17) is 18.0 Å². The van der Waals surface area contributed by atoms with Gasteiger partial charge in [0.05, 0.1) is 22.4 Å². The Hall–Kier alpha value is -1.31. The monoisotopic (exact) mass is 251 g/mol. The first-order valence-electron chi connectivity index (χ1n) is 4.91. The van der Waals surface area contributed by atoms with Gasteiger partial charge in [-0.1, -0.05) is 11.6 Å². The topological polar surface area (TPSA) is 37.8 Å². The molecule has 82 valence electrons. The maximum atomic E-state index is 6.11. The summed E-state index contributed by atoms with van der Waals surface area (Å²) in [5, 5.41) is 3.92. The number of rotatable bonds is 4. The summed E-state index contributed by atoms with van der Waals surface area (Å²) in [7, 11) is 0. The second-order valence-corrected chi connectivity index (χ2v) is 4.22. The number of nitrogens with one attached hydrogen (secondary N) is 1. The van der Waals surface area contributed by atoms with Crippen molar-refractivity contribution in [3.63, 3.8) is 0 Å². The Bertz CT molecular complexity index is 529. The van der Waals surface area contributed by atoms with Gasteiger partial charge < -0.3 is 5.32 Å². The van der Waals surface area contributed by atoms with Crippen molar-refractivity contribution in [2.75, 3.05) is 11.9 Å². The predicted octanol–water partition coefficient (Wildman–Crippen LogP) is 3.17. The minimum absolute atomic E-state index is 0.668. The zero-order chi connectivity index (χ0) is 11.4. The third-order valence-corrected chi connectivity index (χ3v) is 3.03. The van der Waals surface area contributed by atoms with E-state index in [0.29, 0.717) is 5.02 Å². The lowest BCUT2D eigenvalue weighted by atomic mass is 10.2. The number of anilines is 1. The van der Waals surface area contributed by atoms with E-state index in [1.807, 2.05) is 12.1 Å². The molecule has 1 N–H and O–H groups in total. The first kappa shape index (κ1) is 11.2. The number of fused-ring (bicyclic) bond motifs is 1. The second-order valence-electron chi connectivity index (χ2n) is 3.29. The Morgan fingerprint density at radius 1 is 1.44 bits per heavy atom. The van der Waals surface area contributed by atoms with Gasteiger partial charge in [0.25, 0.3) is 0 Å². The average Bonchev–Trinajstić information content (AvgIpc) is 2.75. The van der Waals surface area contributed by atoms with E-state index in [9.17, 15) is 0 Å². The first-order valence-corrected chi connectivity index (χ1v) is 6.02. The Morgan fingerprint density at radius 2 is 2.31 bits per heavy atom. The third kappa shape index (κ3) is 2.26. The zero-order valence-corrected chi connectivity index (χ0v) is 10.1. The van der Waals surface area contributed by atoms with E-state index in [1.165, 1.54) is 11.7 Å². The fourth-order valence-corrected chi connectivity index (χ4v) is 2.16. The molecule has 3 nitrogen and oxygen atoms in total. The molecule has 1 aromatic carbocycles. The Labute approximate surface area is 103 Å². The zero-order valence-electron chi connectivity index (χ0n) is 8.53. The molecule has 0 aliphatic heterocycles. The number of hydrogen-bond donors (Lipinski definition) is 1. The predicted molar refractivity (Wildman–Crippen MR) is 69.0 cm³/mol.